The molecular weight excluding hydrogens is 227 g/mol. The molecule has 0 fully saturated rings. The third-order valence-corrected chi connectivity index (χ3v) is 3.49. The van der Waals surface area contributed by atoms with Gasteiger partial charge in [-0.1, -0.05) is 0 Å². The molecule has 0 rings (SSSR count). The summed E-state index contributed by atoms with van der Waals surface area (Å²) in [5, 5.41) is 15.4. The monoisotopic (exact) mass is 252 g/mol. The van der Waals surface area contributed by atoms with E-state index in [-0.39, 0.29) is 0 Å². The molecular formula is C13H25LiO4. The average molecular weight is 252 g/mol. The zero-order valence-electron chi connectivity index (χ0n) is 12.5. The van der Waals surface area contributed by atoms with Crippen molar-refractivity contribution in [1.29, 1.82) is 0 Å². The fourth-order valence-corrected chi connectivity index (χ4v) is 1.12. The van der Waals surface area contributed by atoms with Gasteiger partial charge in [0.2, 0.25) is 0 Å². The van der Waals surface area contributed by atoms with Crippen LogP contribution in [0.5, 0.6) is 0 Å². The van der Waals surface area contributed by atoms with Crippen molar-refractivity contribution in [2.75, 3.05) is 0 Å². The van der Waals surface area contributed by atoms with Crippen LogP contribution in [0.3, 0.4) is 0 Å². The van der Waals surface area contributed by atoms with Crippen molar-refractivity contribution >= 4 is 29.7 Å². The molecule has 0 aromatic heterocycles. The first-order chi connectivity index (χ1) is 7.94. The van der Waals surface area contributed by atoms with Gasteiger partial charge in [0.15, 0.2) is 0 Å². The summed E-state index contributed by atoms with van der Waals surface area (Å²) in [6.07, 6.45) is 3.23. The number of carbonyl (C=O) groups is 2. The molecule has 0 saturated carbocycles. The predicted octanol–water partition coefficient (Wildman–Crippen LogP) is 3.12. The zero-order chi connectivity index (χ0) is 15.0. The van der Waals surface area contributed by atoms with E-state index in [0.717, 1.165) is 0 Å². The summed E-state index contributed by atoms with van der Waals surface area (Å²) in [5.41, 5.74) is 0.447. The van der Waals surface area contributed by atoms with E-state index in [9.17, 15) is 9.59 Å². The maximum absolute atomic E-state index is 9.43. The normalized spacial score (nSPS) is 14.2. The Morgan fingerprint density at radius 1 is 1.06 bits per heavy atom. The van der Waals surface area contributed by atoms with Crippen LogP contribution in [-0.2, 0) is 9.59 Å². The van der Waals surface area contributed by atoms with E-state index < -0.39 is 18.4 Å². The standard InChI is InChI=1S/C10H21.C3H4O4.Li/c1-6-7-8-9(2)10(3,4)5;4-2(5)1-3(6)7;/h6-8H2,1-5H3;1H2,(H,4,5)(H,6,7);. The van der Waals surface area contributed by atoms with Gasteiger partial charge in [-0.05, 0) is 0 Å². The molecule has 0 aliphatic rings. The number of carboxylic acid groups (broad SMARTS) is 2. The van der Waals surface area contributed by atoms with Gasteiger partial charge in [0.25, 0.3) is 0 Å². The Labute approximate surface area is 119 Å². The summed E-state index contributed by atoms with van der Waals surface area (Å²) < 4.78 is 0.489. The van der Waals surface area contributed by atoms with Gasteiger partial charge in [-0.2, -0.15) is 0 Å². The first kappa shape index (κ1) is 19.9. The van der Waals surface area contributed by atoms with Crippen LogP contribution < -0.4 is 0 Å². The van der Waals surface area contributed by atoms with Crippen molar-refractivity contribution in [3.05, 3.63) is 0 Å². The molecule has 1 unspecified atom stereocenters. The summed E-state index contributed by atoms with van der Waals surface area (Å²) >= 11 is 2.38. The number of unbranched alkanes of at least 4 members (excludes halogenated alkanes) is 1. The van der Waals surface area contributed by atoms with Gasteiger partial charge in [-0.25, -0.2) is 0 Å². The fourth-order valence-electron chi connectivity index (χ4n) is 1.12. The summed E-state index contributed by atoms with van der Waals surface area (Å²) in [6, 6.07) is 0. The van der Waals surface area contributed by atoms with Gasteiger partial charge in [0.1, 0.15) is 6.42 Å². The number of hydrogen-bond donors (Lipinski definition) is 2. The van der Waals surface area contributed by atoms with Gasteiger partial charge in [0.05, 0.1) is 0 Å². The van der Waals surface area contributed by atoms with E-state index in [2.05, 4.69) is 52.3 Å². The van der Waals surface area contributed by atoms with Gasteiger partial charge in [-0.3, -0.25) is 9.59 Å². The molecule has 0 bridgehead atoms. The van der Waals surface area contributed by atoms with E-state index in [1.165, 1.54) is 19.3 Å². The molecule has 102 valence electrons. The fraction of sp³-hybridized carbons (Fsp3) is 0.846. The Kier molecular flexibility index (Phi) is 9.50. The third-order valence-electron chi connectivity index (χ3n) is 3.49. The second-order valence-electron chi connectivity index (χ2n) is 6.20. The minimum atomic E-state index is -1.31. The van der Waals surface area contributed by atoms with Crippen LogP contribution in [0.1, 0.15) is 60.3 Å². The summed E-state index contributed by atoms with van der Waals surface area (Å²) in [7, 11) is 0. The Morgan fingerprint density at radius 2 is 1.44 bits per heavy atom. The Morgan fingerprint density at radius 3 is 1.61 bits per heavy atom. The summed E-state index contributed by atoms with van der Waals surface area (Å²) in [4.78, 5) is 18.9. The quantitative estimate of drug-likeness (QED) is 0.582. The first-order valence-corrected chi connectivity index (χ1v) is 6.37. The molecule has 0 spiro atoms. The molecule has 0 heterocycles. The molecule has 0 saturated heterocycles. The van der Waals surface area contributed by atoms with Crippen LogP contribution in [0.2, 0.25) is 4.09 Å². The SMILES string of the molecule is O=C(O)CC(=O)O.[Li][C](C)(CCCC)C(C)(C)C. The first-order valence-electron chi connectivity index (χ1n) is 6.37. The molecule has 1 atom stereocenters. The van der Waals surface area contributed by atoms with Crippen molar-refractivity contribution in [2.24, 2.45) is 5.41 Å². The molecule has 5 heteroatoms. The molecule has 0 aliphatic carbocycles. The van der Waals surface area contributed by atoms with Gasteiger partial charge < -0.3 is 10.2 Å². The molecule has 18 heavy (non-hydrogen) atoms. The molecule has 2 N–H and O–H groups in total. The van der Waals surface area contributed by atoms with Crippen LogP contribution in [0.4, 0.5) is 0 Å². The minimum absolute atomic E-state index is 0.447. The van der Waals surface area contributed by atoms with Gasteiger partial charge in [0, 0.05) is 0 Å². The van der Waals surface area contributed by atoms with Crippen LogP contribution in [0, 0.1) is 5.41 Å². The molecule has 0 amide bonds. The van der Waals surface area contributed by atoms with Crippen LogP contribution in [0.15, 0.2) is 0 Å². The maximum atomic E-state index is 9.43. The van der Waals surface area contributed by atoms with Crippen molar-refractivity contribution in [3.8, 4) is 0 Å². The average Bonchev–Trinajstić information content (AvgIpc) is 2.11. The Bertz CT molecular complexity index is 255. The summed E-state index contributed by atoms with van der Waals surface area (Å²) in [6.45, 7) is 11.6. The predicted molar refractivity (Wildman–Crippen MR) is 73.0 cm³/mol. The second-order valence-corrected chi connectivity index (χ2v) is 6.20. The van der Waals surface area contributed by atoms with Crippen molar-refractivity contribution < 1.29 is 19.8 Å². The molecule has 4 nitrogen and oxygen atoms in total. The number of aliphatic carboxylic acids is 2. The zero-order valence-corrected chi connectivity index (χ0v) is 12.5. The number of carboxylic acids is 2. The van der Waals surface area contributed by atoms with E-state index in [1.54, 1.807) is 0 Å². The topological polar surface area (TPSA) is 74.6 Å². The van der Waals surface area contributed by atoms with Crippen LogP contribution in [-0.4, -0.2) is 39.9 Å². The molecule has 0 aromatic rings. The second kappa shape index (κ2) is 8.61. The van der Waals surface area contributed by atoms with Crippen molar-refractivity contribution in [3.63, 3.8) is 0 Å². The number of hydrogen-bond acceptors (Lipinski definition) is 2. The third kappa shape index (κ3) is 10.7. The Balaban J connectivity index is 0. The molecule has 0 aromatic carbocycles. The van der Waals surface area contributed by atoms with Crippen molar-refractivity contribution in [1.82, 2.24) is 0 Å². The van der Waals surface area contributed by atoms with E-state index in [1.807, 2.05) is 0 Å². The van der Waals surface area contributed by atoms with E-state index >= 15 is 0 Å². The van der Waals surface area contributed by atoms with Gasteiger partial charge in [-0.15, -0.1) is 0 Å². The van der Waals surface area contributed by atoms with E-state index in [0.29, 0.717) is 9.50 Å². The van der Waals surface area contributed by atoms with E-state index in [4.69, 9.17) is 10.2 Å². The molecule has 0 radical (unpaired) electrons. The van der Waals surface area contributed by atoms with Crippen LogP contribution in [0.25, 0.3) is 0 Å². The summed E-state index contributed by atoms with van der Waals surface area (Å²) in [5.74, 6) is -2.62. The van der Waals surface area contributed by atoms with Crippen molar-refractivity contribution in [2.45, 2.75) is 64.4 Å². The number of rotatable bonds is 5. The van der Waals surface area contributed by atoms with Crippen LogP contribution >= 0.6 is 0 Å². The van der Waals surface area contributed by atoms with Gasteiger partial charge >= 0.3 is 93.0 Å². The Hall–Kier alpha value is -0.463. The molecule has 0 aliphatic heterocycles.